The lowest BCUT2D eigenvalue weighted by atomic mass is 9.92. The van der Waals surface area contributed by atoms with E-state index in [4.69, 9.17) is 0 Å². The van der Waals surface area contributed by atoms with Gasteiger partial charge in [0.1, 0.15) is 0 Å². The molecular weight excluding hydrogens is 246 g/mol. The summed E-state index contributed by atoms with van der Waals surface area (Å²) in [4.78, 5) is 9.10. The van der Waals surface area contributed by atoms with E-state index in [1.54, 1.807) is 0 Å². The maximum atomic E-state index is 4.61. The van der Waals surface area contributed by atoms with E-state index in [0.717, 1.165) is 18.5 Å². The second-order valence-corrected chi connectivity index (χ2v) is 5.60. The van der Waals surface area contributed by atoms with Crippen LogP contribution in [0.25, 0.3) is 0 Å². The molecule has 3 heteroatoms. The summed E-state index contributed by atoms with van der Waals surface area (Å²) < 4.78 is 0. The molecule has 1 aliphatic heterocycles. The fraction of sp³-hybridized carbons (Fsp3) is 0.412. The number of pyridine rings is 2. The molecule has 1 saturated heterocycles. The van der Waals surface area contributed by atoms with Crippen molar-refractivity contribution in [2.45, 2.75) is 45.2 Å². The summed E-state index contributed by atoms with van der Waals surface area (Å²) in [6.07, 6.45) is 7.31. The van der Waals surface area contributed by atoms with Crippen LogP contribution in [0.15, 0.2) is 36.7 Å². The van der Waals surface area contributed by atoms with Crippen molar-refractivity contribution in [1.29, 1.82) is 0 Å². The molecule has 2 atom stereocenters. The average Bonchev–Trinajstić information content (AvgIpc) is 2.51. The Morgan fingerprint density at radius 2 is 1.85 bits per heavy atom. The first-order valence-corrected chi connectivity index (χ1v) is 7.35. The highest BCUT2D eigenvalue weighted by molar-refractivity contribution is 5.30. The molecule has 2 aromatic rings. The van der Waals surface area contributed by atoms with Gasteiger partial charge in [-0.25, -0.2) is 0 Å². The number of nitrogens with one attached hydrogen (secondary N) is 1. The van der Waals surface area contributed by atoms with Gasteiger partial charge in [0.25, 0.3) is 0 Å². The van der Waals surface area contributed by atoms with Crippen molar-refractivity contribution in [3.05, 3.63) is 59.2 Å². The number of hydrogen-bond donors (Lipinski definition) is 1. The Bertz CT molecular complexity index is 580. The SMILES string of the molecule is Cc1ccnc(C2CCCC(c3ccccn3)N2)c1C. The fourth-order valence-electron chi connectivity index (χ4n) is 2.97. The van der Waals surface area contributed by atoms with E-state index in [0.29, 0.717) is 12.1 Å². The van der Waals surface area contributed by atoms with Crippen LogP contribution in [0.3, 0.4) is 0 Å². The fourth-order valence-corrected chi connectivity index (χ4v) is 2.97. The van der Waals surface area contributed by atoms with Crippen LogP contribution in [-0.4, -0.2) is 9.97 Å². The molecule has 20 heavy (non-hydrogen) atoms. The first-order valence-electron chi connectivity index (χ1n) is 7.35. The molecule has 1 fully saturated rings. The van der Waals surface area contributed by atoms with Gasteiger partial charge in [0.2, 0.25) is 0 Å². The molecule has 1 aliphatic rings. The molecule has 1 N–H and O–H groups in total. The van der Waals surface area contributed by atoms with Crippen LogP contribution in [0.5, 0.6) is 0 Å². The molecular formula is C17H21N3. The number of aryl methyl sites for hydroxylation is 1. The predicted molar refractivity (Wildman–Crippen MR) is 80.4 cm³/mol. The minimum absolute atomic E-state index is 0.343. The van der Waals surface area contributed by atoms with Gasteiger partial charge in [0.05, 0.1) is 17.4 Å². The third kappa shape index (κ3) is 2.59. The molecule has 0 aliphatic carbocycles. The number of aromatic nitrogens is 2. The van der Waals surface area contributed by atoms with E-state index in [2.05, 4.69) is 47.3 Å². The van der Waals surface area contributed by atoms with Crippen LogP contribution in [0.2, 0.25) is 0 Å². The Labute approximate surface area is 120 Å². The maximum Gasteiger partial charge on any atom is 0.0605 e. The van der Waals surface area contributed by atoms with Crippen LogP contribution in [-0.2, 0) is 0 Å². The van der Waals surface area contributed by atoms with E-state index in [1.807, 2.05) is 18.5 Å². The van der Waals surface area contributed by atoms with Gasteiger partial charge in [-0.15, -0.1) is 0 Å². The normalized spacial score (nSPS) is 22.7. The number of rotatable bonds is 2. The van der Waals surface area contributed by atoms with Gasteiger partial charge in [0.15, 0.2) is 0 Å². The Morgan fingerprint density at radius 3 is 2.65 bits per heavy atom. The van der Waals surface area contributed by atoms with Crippen LogP contribution in [0.1, 0.15) is 53.9 Å². The minimum atomic E-state index is 0.343. The smallest absolute Gasteiger partial charge is 0.0605 e. The van der Waals surface area contributed by atoms with Crippen molar-refractivity contribution >= 4 is 0 Å². The van der Waals surface area contributed by atoms with Crippen molar-refractivity contribution < 1.29 is 0 Å². The van der Waals surface area contributed by atoms with Gasteiger partial charge >= 0.3 is 0 Å². The molecule has 3 rings (SSSR count). The molecule has 104 valence electrons. The molecule has 2 unspecified atom stereocenters. The van der Waals surface area contributed by atoms with E-state index < -0.39 is 0 Å². The van der Waals surface area contributed by atoms with Gasteiger partial charge < -0.3 is 5.32 Å². The monoisotopic (exact) mass is 267 g/mol. The lowest BCUT2D eigenvalue weighted by molar-refractivity contribution is 0.320. The zero-order valence-corrected chi connectivity index (χ0v) is 12.1. The standard InChI is InChI=1S/C17H21N3/c1-12-9-11-19-17(13(12)2)16-8-5-7-15(20-16)14-6-3-4-10-18-14/h3-4,6,9-11,15-16,20H,5,7-8H2,1-2H3. The average molecular weight is 267 g/mol. The number of piperidine rings is 1. The molecule has 0 bridgehead atoms. The second-order valence-electron chi connectivity index (χ2n) is 5.60. The van der Waals surface area contributed by atoms with E-state index >= 15 is 0 Å². The first kappa shape index (κ1) is 13.3. The molecule has 2 aromatic heterocycles. The van der Waals surface area contributed by atoms with Gasteiger partial charge in [-0.3, -0.25) is 9.97 Å². The van der Waals surface area contributed by atoms with Crippen molar-refractivity contribution in [3.63, 3.8) is 0 Å². The van der Waals surface area contributed by atoms with Crippen molar-refractivity contribution in [1.82, 2.24) is 15.3 Å². The van der Waals surface area contributed by atoms with Crippen LogP contribution in [0, 0.1) is 13.8 Å². The minimum Gasteiger partial charge on any atom is -0.300 e. The van der Waals surface area contributed by atoms with Gasteiger partial charge in [0, 0.05) is 18.4 Å². The molecule has 0 radical (unpaired) electrons. The lowest BCUT2D eigenvalue weighted by Gasteiger charge is -2.31. The predicted octanol–water partition coefficient (Wildman–Crippen LogP) is 3.65. The third-order valence-electron chi connectivity index (χ3n) is 4.28. The topological polar surface area (TPSA) is 37.8 Å². The molecule has 3 nitrogen and oxygen atoms in total. The Morgan fingerprint density at radius 1 is 1.00 bits per heavy atom. The highest BCUT2D eigenvalue weighted by atomic mass is 15.0. The van der Waals surface area contributed by atoms with Crippen molar-refractivity contribution in [2.24, 2.45) is 0 Å². The molecule has 3 heterocycles. The van der Waals surface area contributed by atoms with Gasteiger partial charge in [-0.2, -0.15) is 0 Å². The summed E-state index contributed by atoms with van der Waals surface area (Å²) in [5, 5.41) is 3.73. The summed E-state index contributed by atoms with van der Waals surface area (Å²) in [5.74, 6) is 0. The summed E-state index contributed by atoms with van der Waals surface area (Å²) in [7, 11) is 0. The molecule has 0 saturated carbocycles. The third-order valence-corrected chi connectivity index (χ3v) is 4.28. The Balaban J connectivity index is 1.83. The highest BCUT2D eigenvalue weighted by Crippen LogP contribution is 2.32. The molecule has 0 aromatic carbocycles. The van der Waals surface area contributed by atoms with Crippen LogP contribution in [0.4, 0.5) is 0 Å². The maximum absolute atomic E-state index is 4.61. The Kier molecular flexibility index (Phi) is 3.79. The quantitative estimate of drug-likeness (QED) is 0.902. The number of nitrogens with zero attached hydrogens (tertiary/aromatic N) is 2. The van der Waals surface area contributed by atoms with Crippen molar-refractivity contribution in [2.75, 3.05) is 0 Å². The summed E-state index contributed by atoms with van der Waals surface area (Å²) >= 11 is 0. The molecule has 0 spiro atoms. The van der Waals surface area contributed by atoms with E-state index in [-0.39, 0.29) is 0 Å². The van der Waals surface area contributed by atoms with Crippen LogP contribution < -0.4 is 5.32 Å². The first-order chi connectivity index (χ1) is 9.75. The van der Waals surface area contributed by atoms with Gasteiger partial charge in [-0.05, 0) is 62.4 Å². The zero-order valence-electron chi connectivity index (χ0n) is 12.1. The lowest BCUT2D eigenvalue weighted by Crippen LogP contribution is -2.32. The largest absolute Gasteiger partial charge is 0.300 e. The summed E-state index contributed by atoms with van der Waals surface area (Å²) in [5.41, 5.74) is 4.97. The highest BCUT2D eigenvalue weighted by Gasteiger charge is 2.26. The van der Waals surface area contributed by atoms with E-state index in [1.165, 1.54) is 23.2 Å². The summed E-state index contributed by atoms with van der Waals surface area (Å²) in [6.45, 7) is 4.32. The van der Waals surface area contributed by atoms with Crippen LogP contribution >= 0.6 is 0 Å². The van der Waals surface area contributed by atoms with Crippen molar-refractivity contribution in [3.8, 4) is 0 Å². The van der Waals surface area contributed by atoms with E-state index in [9.17, 15) is 0 Å². The number of hydrogen-bond acceptors (Lipinski definition) is 3. The van der Waals surface area contributed by atoms with Gasteiger partial charge in [-0.1, -0.05) is 6.07 Å². The molecule has 0 amide bonds. The Hall–Kier alpha value is -1.74. The summed E-state index contributed by atoms with van der Waals surface area (Å²) in [6, 6.07) is 8.90. The second kappa shape index (κ2) is 5.71. The zero-order chi connectivity index (χ0) is 13.9.